The van der Waals surface area contributed by atoms with Gasteiger partial charge in [0, 0.05) is 17.5 Å². The Bertz CT molecular complexity index is 464. The predicted octanol–water partition coefficient (Wildman–Crippen LogP) is 4.11. The first-order chi connectivity index (χ1) is 9.17. The predicted molar refractivity (Wildman–Crippen MR) is 85.7 cm³/mol. The fraction of sp³-hybridized carbons (Fsp3) is 0.647. The van der Waals surface area contributed by atoms with E-state index in [-0.39, 0.29) is 17.8 Å². The fourth-order valence-corrected chi connectivity index (χ4v) is 4.53. The Kier molecular flexibility index (Phi) is 4.66. The van der Waals surface area contributed by atoms with Gasteiger partial charge in [-0.3, -0.25) is 4.90 Å². The molecule has 112 valence electrons. The summed E-state index contributed by atoms with van der Waals surface area (Å²) in [7, 11) is 0. The molecule has 3 heteroatoms. The number of fused-ring (bicyclic) bond motifs is 2. The summed E-state index contributed by atoms with van der Waals surface area (Å²) in [5, 5.41) is 9.81. The molecule has 2 fully saturated rings. The zero-order valence-electron chi connectivity index (χ0n) is 12.5. The Balaban J connectivity index is 0.00000147. The van der Waals surface area contributed by atoms with Gasteiger partial charge in [0.25, 0.3) is 0 Å². The molecule has 3 rings (SSSR count). The Morgan fingerprint density at radius 3 is 2.90 bits per heavy atom. The molecular formula is C17H26ClNO. The molecule has 1 aromatic carbocycles. The van der Waals surface area contributed by atoms with E-state index in [0.717, 1.165) is 6.04 Å². The first-order valence-electron chi connectivity index (χ1n) is 7.72. The van der Waals surface area contributed by atoms with Crippen molar-refractivity contribution in [3.05, 3.63) is 29.8 Å². The topological polar surface area (TPSA) is 23.5 Å². The summed E-state index contributed by atoms with van der Waals surface area (Å²) >= 11 is 0. The van der Waals surface area contributed by atoms with Gasteiger partial charge in [0.2, 0.25) is 0 Å². The Labute approximate surface area is 128 Å². The molecule has 2 nitrogen and oxygen atoms in total. The number of phenolic OH excluding ortho intramolecular Hbond substituents is 1. The third-order valence-corrected chi connectivity index (χ3v) is 5.43. The molecule has 1 saturated carbocycles. The van der Waals surface area contributed by atoms with Crippen LogP contribution in [-0.2, 0) is 5.41 Å². The number of hydrogen-bond acceptors (Lipinski definition) is 2. The molecule has 1 aromatic rings. The second kappa shape index (κ2) is 5.95. The van der Waals surface area contributed by atoms with Crippen molar-refractivity contribution in [1.82, 2.24) is 4.90 Å². The van der Waals surface area contributed by atoms with Gasteiger partial charge < -0.3 is 5.11 Å². The molecule has 0 amide bonds. The Morgan fingerprint density at radius 1 is 1.40 bits per heavy atom. The molecule has 20 heavy (non-hydrogen) atoms. The first-order valence-corrected chi connectivity index (χ1v) is 7.72. The molecule has 1 aliphatic carbocycles. The second-order valence-electron chi connectivity index (χ2n) is 6.37. The molecular weight excluding hydrogens is 270 g/mol. The van der Waals surface area contributed by atoms with E-state index in [4.69, 9.17) is 0 Å². The van der Waals surface area contributed by atoms with Crippen molar-refractivity contribution < 1.29 is 5.11 Å². The normalized spacial score (nSPS) is 32.9. The van der Waals surface area contributed by atoms with Crippen molar-refractivity contribution in [1.29, 1.82) is 0 Å². The summed E-state index contributed by atoms with van der Waals surface area (Å²) in [6, 6.07) is 9.34. The lowest BCUT2D eigenvalue weighted by Gasteiger charge is -2.36. The highest BCUT2D eigenvalue weighted by Crippen LogP contribution is 2.51. The van der Waals surface area contributed by atoms with E-state index in [2.05, 4.69) is 24.8 Å². The molecule has 3 atom stereocenters. The Hall–Kier alpha value is -0.730. The largest absolute Gasteiger partial charge is 0.508 e. The molecule has 0 radical (unpaired) electrons. The quantitative estimate of drug-likeness (QED) is 0.907. The molecule has 0 aromatic heterocycles. The minimum Gasteiger partial charge on any atom is -0.508 e. The van der Waals surface area contributed by atoms with E-state index in [1.807, 2.05) is 12.1 Å². The maximum Gasteiger partial charge on any atom is 0.115 e. The average Bonchev–Trinajstić information content (AvgIpc) is 2.61. The van der Waals surface area contributed by atoms with Crippen molar-refractivity contribution in [2.24, 2.45) is 0 Å². The monoisotopic (exact) mass is 295 g/mol. The van der Waals surface area contributed by atoms with E-state index in [0.29, 0.717) is 11.8 Å². The van der Waals surface area contributed by atoms with E-state index >= 15 is 0 Å². The van der Waals surface area contributed by atoms with Gasteiger partial charge in [0.05, 0.1) is 0 Å². The molecule has 2 bridgehead atoms. The summed E-state index contributed by atoms with van der Waals surface area (Å²) in [5.41, 5.74) is 1.62. The van der Waals surface area contributed by atoms with Gasteiger partial charge in [0.1, 0.15) is 5.75 Å². The maximum atomic E-state index is 9.81. The molecule has 1 heterocycles. The van der Waals surface area contributed by atoms with Crippen LogP contribution in [0.5, 0.6) is 5.75 Å². The van der Waals surface area contributed by atoms with Gasteiger partial charge in [0.15, 0.2) is 0 Å². The van der Waals surface area contributed by atoms with Crippen molar-refractivity contribution in [2.75, 3.05) is 6.54 Å². The van der Waals surface area contributed by atoms with Crippen LogP contribution < -0.4 is 0 Å². The number of aromatic hydroxyl groups is 1. The summed E-state index contributed by atoms with van der Waals surface area (Å²) in [6.07, 6.45) is 6.46. The summed E-state index contributed by atoms with van der Waals surface area (Å²) in [5.74, 6) is 0.412. The lowest BCUT2D eigenvalue weighted by molar-refractivity contribution is 0.192. The van der Waals surface area contributed by atoms with E-state index in [9.17, 15) is 5.11 Å². The van der Waals surface area contributed by atoms with Crippen LogP contribution in [-0.4, -0.2) is 28.6 Å². The van der Waals surface area contributed by atoms with Crippen molar-refractivity contribution in [3.63, 3.8) is 0 Å². The highest BCUT2D eigenvalue weighted by Gasteiger charge is 2.52. The Morgan fingerprint density at radius 2 is 2.20 bits per heavy atom. The van der Waals surface area contributed by atoms with Gasteiger partial charge >= 0.3 is 0 Å². The number of rotatable bonds is 3. The van der Waals surface area contributed by atoms with Crippen molar-refractivity contribution >= 4 is 12.4 Å². The molecule has 0 spiro atoms. The van der Waals surface area contributed by atoms with Crippen LogP contribution in [0.15, 0.2) is 24.3 Å². The van der Waals surface area contributed by atoms with E-state index in [1.165, 1.54) is 44.2 Å². The van der Waals surface area contributed by atoms with Gasteiger partial charge in [-0.05, 0) is 56.8 Å². The number of nitrogens with zero attached hydrogens (tertiary/aromatic N) is 1. The smallest absolute Gasteiger partial charge is 0.115 e. The van der Waals surface area contributed by atoms with Gasteiger partial charge in [-0.25, -0.2) is 0 Å². The fourth-order valence-electron chi connectivity index (χ4n) is 4.53. The molecule has 2 aliphatic rings. The average molecular weight is 296 g/mol. The summed E-state index contributed by atoms with van der Waals surface area (Å²) in [6.45, 7) is 5.88. The van der Waals surface area contributed by atoms with Crippen LogP contribution in [0.25, 0.3) is 0 Å². The number of halogens is 1. The number of likely N-dealkylation sites (tertiary alicyclic amines) is 1. The SMILES string of the molecule is CCCN1C2CCCC(c3cccc(O)c3)(C2)C1C.Cl. The molecule has 3 unspecified atom stereocenters. The third kappa shape index (κ3) is 2.33. The van der Waals surface area contributed by atoms with Crippen LogP contribution in [0.1, 0.15) is 51.5 Å². The van der Waals surface area contributed by atoms with Gasteiger partial charge in [-0.15, -0.1) is 12.4 Å². The highest BCUT2D eigenvalue weighted by atomic mass is 35.5. The van der Waals surface area contributed by atoms with Crippen LogP contribution in [0.3, 0.4) is 0 Å². The van der Waals surface area contributed by atoms with Crippen molar-refractivity contribution in [2.45, 2.75) is 63.5 Å². The van der Waals surface area contributed by atoms with Gasteiger partial charge in [-0.1, -0.05) is 25.5 Å². The van der Waals surface area contributed by atoms with Crippen LogP contribution >= 0.6 is 12.4 Å². The lowest BCUT2D eigenvalue weighted by atomic mass is 9.67. The summed E-state index contributed by atoms with van der Waals surface area (Å²) in [4.78, 5) is 2.72. The molecule has 1 saturated heterocycles. The minimum atomic E-state index is 0. The summed E-state index contributed by atoms with van der Waals surface area (Å²) < 4.78 is 0. The molecule has 1 aliphatic heterocycles. The maximum absolute atomic E-state index is 9.81. The van der Waals surface area contributed by atoms with Crippen LogP contribution in [0.4, 0.5) is 0 Å². The molecule has 1 N–H and O–H groups in total. The number of hydrogen-bond donors (Lipinski definition) is 1. The third-order valence-electron chi connectivity index (χ3n) is 5.43. The standard InChI is InChI=1S/C17H25NO.ClH/c1-3-10-18-13(2)17(9-5-7-15(18)12-17)14-6-4-8-16(19)11-14;/h4,6,8,11,13,15,19H,3,5,7,9-10,12H2,1-2H3;1H. The number of phenols is 1. The van der Waals surface area contributed by atoms with E-state index in [1.54, 1.807) is 6.07 Å². The van der Waals surface area contributed by atoms with E-state index < -0.39 is 0 Å². The number of benzene rings is 1. The van der Waals surface area contributed by atoms with Crippen LogP contribution in [0.2, 0.25) is 0 Å². The second-order valence-corrected chi connectivity index (χ2v) is 6.37. The first kappa shape index (κ1) is 15.7. The minimum absolute atomic E-state index is 0. The zero-order valence-corrected chi connectivity index (χ0v) is 13.3. The zero-order chi connectivity index (χ0) is 13.5. The van der Waals surface area contributed by atoms with Gasteiger partial charge in [-0.2, -0.15) is 0 Å². The lowest BCUT2D eigenvalue weighted by Crippen LogP contribution is -2.40. The van der Waals surface area contributed by atoms with Crippen molar-refractivity contribution in [3.8, 4) is 5.75 Å². The van der Waals surface area contributed by atoms with Crippen LogP contribution in [0, 0.1) is 0 Å². The highest BCUT2D eigenvalue weighted by molar-refractivity contribution is 5.85.